The van der Waals surface area contributed by atoms with E-state index in [4.69, 9.17) is 0 Å². The van der Waals surface area contributed by atoms with E-state index < -0.39 is 11.6 Å². The molecule has 0 aromatic heterocycles. The molecule has 4 heteroatoms. The molecule has 2 amide bonds. The van der Waals surface area contributed by atoms with Crippen LogP contribution in [0, 0.1) is 5.92 Å². The maximum Gasteiger partial charge on any atom is 0.250 e. The monoisotopic (exact) mass is 286 g/mol. The fourth-order valence-corrected chi connectivity index (χ4v) is 3.08. The molecule has 1 saturated carbocycles. The minimum atomic E-state index is -0.903. The Hall–Kier alpha value is -1.84. The maximum atomic E-state index is 12.6. The summed E-state index contributed by atoms with van der Waals surface area (Å²) in [5.74, 6) is 0.663. The molecule has 1 heterocycles. The lowest BCUT2D eigenvalue weighted by atomic mass is 9.85. The van der Waals surface area contributed by atoms with E-state index >= 15 is 0 Å². The first kappa shape index (κ1) is 14.1. The van der Waals surface area contributed by atoms with Gasteiger partial charge in [0.1, 0.15) is 11.6 Å². The van der Waals surface area contributed by atoms with Crippen LogP contribution >= 0.6 is 0 Å². The van der Waals surface area contributed by atoms with Crippen molar-refractivity contribution >= 4 is 11.8 Å². The number of nitrogens with one attached hydrogen (secondary N) is 1. The maximum absolute atomic E-state index is 12.6. The van der Waals surface area contributed by atoms with Crippen molar-refractivity contribution in [2.45, 2.75) is 44.7 Å². The molecule has 21 heavy (non-hydrogen) atoms. The van der Waals surface area contributed by atoms with Gasteiger partial charge in [0, 0.05) is 6.54 Å². The highest BCUT2D eigenvalue weighted by Crippen LogP contribution is 2.36. The molecule has 0 radical (unpaired) electrons. The summed E-state index contributed by atoms with van der Waals surface area (Å²) in [6.07, 6.45) is 3.51. The van der Waals surface area contributed by atoms with E-state index in [1.165, 1.54) is 12.8 Å². The van der Waals surface area contributed by atoms with E-state index in [-0.39, 0.29) is 11.8 Å². The summed E-state index contributed by atoms with van der Waals surface area (Å²) in [6.45, 7) is 4.27. The van der Waals surface area contributed by atoms with Crippen LogP contribution in [0.25, 0.3) is 0 Å². The van der Waals surface area contributed by atoms with Crippen molar-refractivity contribution < 1.29 is 9.59 Å². The van der Waals surface area contributed by atoms with Crippen molar-refractivity contribution in [2.75, 3.05) is 6.54 Å². The Bertz CT molecular complexity index is 553. The number of nitrogens with zero attached hydrogens (tertiary/aromatic N) is 1. The van der Waals surface area contributed by atoms with E-state index in [0.29, 0.717) is 6.54 Å². The fourth-order valence-electron chi connectivity index (χ4n) is 3.08. The molecule has 0 bridgehead atoms. The van der Waals surface area contributed by atoms with Gasteiger partial charge in [-0.1, -0.05) is 43.2 Å². The summed E-state index contributed by atoms with van der Waals surface area (Å²) in [5, 5.41) is 2.82. The van der Waals surface area contributed by atoms with Gasteiger partial charge in [0.25, 0.3) is 5.91 Å². The highest BCUT2D eigenvalue weighted by Gasteiger charge is 2.49. The second kappa shape index (κ2) is 5.17. The zero-order valence-corrected chi connectivity index (χ0v) is 12.6. The summed E-state index contributed by atoms with van der Waals surface area (Å²) < 4.78 is 0. The standard InChI is InChI=1S/C17H22N2O2/c1-12-15(20)19(11-10-13-8-9-13)17(2,16(21)18-12)14-6-4-3-5-7-14/h3-7,12-13H,8-11H2,1-2H3,(H,18,21). The van der Waals surface area contributed by atoms with Crippen LogP contribution in [-0.4, -0.2) is 29.3 Å². The lowest BCUT2D eigenvalue weighted by Crippen LogP contribution is -2.67. The first-order valence-electron chi connectivity index (χ1n) is 7.71. The van der Waals surface area contributed by atoms with E-state index in [2.05, 4.69) is 5.32 Å². The van der Waals surface area contributed by atoms with Gasteiger partial charge in [-0.15, -0.1) is 0 Å². The van der Waals surface area contributed by atoms with Gasteiger partial charge in [-0.3, -0.25) is 9.59 Å². The average Bonchev–Trinajstić information content (AvgIpc) is 3.30. The molecule has 1 aromatic carbocycles. The first-order valence-corrected chi connectivity index (χ1v) is 7.71. The van der Waals surface area contributed by atoms with Crippen LogP contribution < -0.4 is 5.32 Å². The predicted molar refractivity (Wildman–Crippen MR) is 80.5 cm³/mol. The SMILES string of the molecule is CC1NC(=O)C(C)(c2ccccc2)N(CCC2CC2)C1=O. The molecule has 1 saturated heterocycles. The molecule has 2 fully saturated rings. The molecule has 2 aliphatic rings. The summed E-state index contributed by atoms with van der Waals surface area (Å²) in [4.78, 5) is 27.0. The lowest BCUT2D eigenvalue weighted by Gasteiger charge is -2.46. The number of carbonyl (C=O) groups is 2. The number of amides is 2. The molecule has 2 unspecified atom stereocenters. The second-order valence-corrected chi connectivity index (χ2v) is 6.36. The highest BCUT2D eigenvalue weighted by molar-refractivity contribution is 6.00. The van der Waals surface area contributed by atoms with E-state index in [1.807, 2.05) is 37.3 Å². The van der Waals surface area contributed by atoms with Crippen LogP contribution in [0.4, 0.5) is 0 Å². The highest BCUT2D eigenvalue weighted by atomic mass is 16.2. The number of hydrogen-bond donors (Lipinski definition) is 1. The molecular formula is C17H22N2O2. The molecule has 3 rings (SSSR count). The van der Waals surface area contributed by atoms with Gasteiger partial charge >= 0.3 is 0 Å². The van der Waals surface area contributed by atoms with Crippen molar-refractivity contribution in [2.24, 2.45) is 5.92 Å². The Balaban J connectivity index is 1.95. The molecule has 1 aliphatic carbocycles. The minimum Gasteiger partial charge on any atom is -0.342 e. The quantitative estimate of drug-likeness (QED) is 0.921. The Kier molecular flexibility index (Phi) is 3.47. The summed E-state index contributed by atoms with van der Waals surface area (Å²) in [7, 11) is 0. The molecule has 0 spiro atoms. The zero-order valence-electron chi connectivity index (χ0n) is 12.6. The number of piperazine rings is 1. The summed E-state index contributed by atoms with van der Waals surface area (Å²) in [5.41, 5.74) is -0.0294. The van der Waals surface area contributed by atoms with Gasteiger partial charge in [-0.25, -0.2) is 0 Å². The Morgan fingerprint density at radius 3 is 2.52 bits per heavy atom. The molecule has 1 aliphatic heterocycles. The van der Waals surface area contributed by atoms with Crippen LogP contribution in [-0.2, 0) is 15.1 Å². The molecule has 2 atom stereocenters. The Labute approximate surface area is 125 Å². The van der Waals surface area contributed by atoms with E-state index in [9.17, 15) is 9.59 Å². The molecule has 1 N–H and O–H groups in total. The van der Waals surface area contributed by atoms with Crippen LogP contribution in [0.1, 0.15) is 38.7 Å². The van der Waals surface area contributed by atoms with Crippen LogP contribution in [0.5, 0.6) is 0 Å². The van der Waals surface area contributed by atoms with Crippen LogP contribution in [0.15, 0.2) is 30.3 Å². The van der Waals surface area contributed by atoms with Gasteiger partial charge in [0.05, 0.1) is 0 Å². The number of rotatable bonds is 4. The van der Waals surface area contributed by atoms with Gasteiger partial charge in [0.2, 0.25) is 5.91 Å². The third kappa shape index (κ3) is 2.43. The van der Waals surface area contributed by atoms with E-state index in [0.717, 1.165) is 17.9 Å². The first-order chi connectivity index (χ1) is 10.0. The second-order valence-electron chi connectivity index (χ2n) is 6.36. The van der Waals surface area contributed by atoms with Gasteiger partial charge in [-0.2, -0.15) is 0 Å². The Morgan fingerprint density at radius 2 is 1.90 bits per heavy atom. The van der Waals surface area contributed by atoms with Crippen molar-refractivity contribution in [1.82, 2.24) is 10.2 Å². The lowest BCUT2D eigenvalue weighted by molar-refractivity contribution is -0.156. The molecule has 112 valence electrons. The van der Waals surface area contributed by atoms with Crippen molar-refractivity contribution in [3.05, 3.63) is 35.9 Å². The third-order valence-corrected chi connectivity index (χ3v) is 4.76. The van der Waals surface area contributed by atoms with Gasteiger partial charge < -0.3 is 10.2 Å². The van der Waals surface area contributed by atoms with Crippen LogP contribution in [0.3, 0.4) is 0 Å². The van der Waals surface area contributed by atoms with Crippen molar-refractivity contribution in [3.8, 4) is 0 Å². The van der Waals surface area contributed by atoms with E-state index in [1.54, 1.807) is 11.8 Å². The van der Waals surface area contributed by atoms with Gasteiger partial charge in [0.15, 0.2) is 0 Å². The van der Waals surface area contributed by atoms with Crippen LogP contribution in [0.2, 0.25) is 0 Å². The topological polar surface area (TPSA) is 49.4 Å². The number of benzene rings is 1. The summed E-state index contributed by atoms with van der Waals surface area (Å²) in [6, 6.07) is 9.16. The third-order valence-electron chi connectivity index (χ3n) is 4.76. The molecule has 4 nitrogen and oxygen atoms in total. The number of carbonyl (C=O) groups excluding carboxylic acids is 2. The Morgan fingerprint density at radius 1 is 1.24 bits per heavy atom. The fraction of sp³-hybridized carbons (Fsp3) is 0.529. The van der Waals surface area contributed by atoms with Crippen molar-refractivity contribution in [3.63, 3.8) is 0 Å². The molecule has 1 aromatic rings. The minimum absolute atomic E-state index is 0.0154. The predicted octanol–water partition coefficient (Wildman–Crippen LogP) is 2.05. The summed E-state index contributed by atoms with van der Waals surface area (Å²) >= 11 is 0. The van der Waals surface area contributed by atoms with Crippen molar-refractivity contribution in [1.29, 1.82) is 0 Å². The zero-order chi connectivity index (χ0) is 15.0. The molecular weight excluding hydrogens is 264 g/mol. The number of hydrogen-bond acceptors (Lipinski definition) is 2. The largest absolute Gasteiger partial charge is 0.342 e. The smallest absolute Gasteiger partial charge is 0.250 e. The average molecular weight is 286 g/mol. The van der Waals surface area contributed by atoms with Gasteiger partial charge in [-0.05, 0) is 31.7 Å². The normalized spacial score (nSPS) is 29.4.